The van der Waals surface area contributed by atoms with E-state index < -0.39 is 11.9 Å². The fourth-order valence-electron chi connectivity index (χ4n) is 2.74. The predicted octanol–water partition coefficient (Wildman–Crippen LogP) is 2.89. The number of alkyl halides is 3. The zero-order valence-electron chi connectivity index (χ0n) is 13.7. The summed E-state index contributed by atoms with van der Waals surface area (Å²) in [6.45, 7) is 3.60. The molecule has 6 nitrogen and oxygen atoms in total. The van der Waals surface area contributed by atoms with Crippen LogP contribution in [0, 0.1) is 12.8 Å². The molecule has 0 saturated carbocycles. The summed E-state index contributed by atoms with van der Waals surface area (Å²) in [7, 11) is 0. The number of rotatable bonds is 4. The van der Waals surface area contributed by atoms with Crippen LogP contribution in [0.1, 0.15) is 24.2 Å². The van der Waals surface area contributed by atoms with E-state index in [1.54, 1.807) is 12.4 Å². The van der Waals surface area contributed by atoms with Crippen LogP contribution < -0.4 is 9.64 Å². The number of ether oxygens (including phenoxy) is 1. The summed E-state index contributed by atoms with van der Waals surface area (Å²) in [4.78, 5) is 17.4. The molecule has 0 spiro atoms. The zero-order valence-corrected chi connectivity index (χ0v) is 13.7. The van der Waals surface area contributed by atoms with Gasteiger partial charge in [0.1, 0.15) is 17.8 Å². The molecule has 0 amide bonds. The van der Waals surface area contributed by atoms with Crippen molar-refractivity contribution in [2.45, 2.75) is 25.9 Å². The van der Waals surface area contributed by atoms with E-state index in [-0.39, 0.29) is 0 Å². The summed E-state index contributed by atoms with van der Waals surface area (Å²) < 4.78 is 44.0. The van der Waals surface area contributed by atoms with Crippen molar-refractivity contribution in [3.05, 3.63) is 36.2 Å². The van der Waals surface area contributed by atoms with Gasteiger partial charge in [0.2, 0.25) is 5.88 Å². The fourth-order valence-corrected chi connectivity index (χ4v) is 2.74. The van der Waals surface area contributed by atoms with Crippen molar-refractivity contribution in [3.63, 3.8) is 0 Å². The highest BCUT2D eigenvalue weighted by Crippen LogP contribution is 2.30. The molecule has 0 aromatic carbocycles. The van der Waals surface area contributed by atoms with E-state index in [0.717, 1.165) is 30.9 Å². The molecule has 0 bridgehead atoms. The summed E-state index contributed by atoms with van der Waals surface area (Å²) in [6, 6.07) is 1.000. The van der Waals surface area contributed by atoms with Crippen molar-refractivity contribution in [3.8, 4) is 5.88 Å². The van der Waals surface area contributed by atoms with E-state index in [4.69, 9.17) is 4.74 Å². The monoisotopic (exact) mass is 353 g/mol. The van der Waals surface area contributed by atoms with Gasteiger partial charge in [0.15, 0.2) is 0 Å². The Morgan fingerprint density at radius 3 is 2.52 bits per heavy atom. The molecule has 0 N–H and O–H groups in total. The molecular formula is C16H18F3N5O. The molecule has 0 unspecified atom stereocenters. The molecule has 25 heavy (non-hydrogen) atoms. The summed E-state index contributed by atoms with van der Waals surface area (Å²) in [5, 5.41) is 0. The molecule has 3 rings (SSSR count). The van der Waals surface area contributed by atoms with Crippen molar-refractivity contribution in [2.24, 2.45) is 5.92 Å². The van der Waals surface area contributed by atoms with Gasteiger partial charge in [0.25, 0.3) is 0 Å². The minimum absolute atomic E-state index is 0.312. The van der Waals surface area contributed by atoms with Crippen LogP contribution in [-0.2, 0) is 6.18 Å². The Morgan fingerprint density at radius 1 is 1.12 bits per heavy atom. The van der Waals surface area contributed by atoms with Gasteiger partial charge in [-0.2, -0.15) is 13.2 Å². The van der Waals surface area contributed by atoms with Crippen molar-refractivity contribution in [1.82, 2.24) is 19.9 Å². The van der Waals surface area contributed by atoms with Crippen LogP contribution in [0.4, 0.5) is 19.0 Å². The molecule has 0 atom stereocenters. The molecule has 0 aliphatic carbocycles. The lowest BCUT2D eigenvalue weighted by Gasteiger charge is -2.32. The quantitative estimate of drug-likeness (QED) is 0.842. The maximum Gasteiger partial charge on any atom is 0.433 e. The molecule has 1 aliphatic rings. The highest BCUT2D eigenvalue weighted by molar-refractivity contribution is 5.39. The van der Waals surface area contributed by atoms with Crippen LogP contribution in [-0.4, -0.2) is 39.6 Å². The first-order valence-corrected chi connectivity index (χ1v) is 7.98. The molecule has 9 heteroatoms. The van der Waals surface area contributed by atoms with Crippen molar-refractivity contribution >= 4 is 5.82 Å². The number of halogens is 3. The third-order valence-electron chi connectivity index (χ3n) is 4.17. The summed E-state index contributed by atoms with van der Waals surface area (Å²) in [6.07, 6.45) is 1.31. The first kappa shape index (κ1) is 17.4. The number of aryl methyl sites for hydroxylation is 1. The minimum atomic E-state index is -4.46. The molecule has 3 heterocycles. The number of aromatic nitrogens is 4. The Labute approximate surface area is 143 Å². The third kappa shape index (κ3) is 4.34. The number of hydrogen-bond donors (Lipinski definition) is 0. The zero-order chi connectivity index (χ0) is 17.9. The molecule has 2 aromatic heterocycles. The first-order valence-electron chi connectivity index (χ1n) is 7.98. The van der Waals surface area contributed by atoms with Crippen LogP contribution in [0.2, 0.25) is 0 Å². The van der Waals surface area contributed by atoms with Gasteiger partial charge in [-0.3, -0.25) is 4.98 Å². The van der Waals surface area contributed by atoms with Gasteiger partial charge in [-0.25, -0.2) is 15.0 Å². The topological polar surface area (TPSA) is 64.0 Å². The molecular weight excluding hydrogens is 335 g/mol. The molecule has 0 radical (unpaired) electrons. The van der Waals surface area contributed by atoms with Crippen molar-refractivity contribution in [1.29, 1.82) is 0 Å². The second-order valence-corrected chi connectivity index (χ2v) is 5.95. The SMILES string of the molecule is Cc1nccnc1OCC1CCN(c2cc(C(F)(F)F)ncn2)CC1. The number of hydrogen-bond acceptors (Lipinski definition) is 6. The smallest absolute Gasteiger partial charge is 0.433 e. The average molecular weight is 353 g/mol. The predicted molar refractivity (Wildman–Crippen MR) is 84.2 cm³/mol. The average Bonchev–Trinajstić information content (AvgIpc) is 2.61. The molecule has 1 aliphatic heterocycles. The van der Waals surface area contributed by atoms with Gasteiger partial charge < -0.3 is 9.64 Å². The van der Waals surface area contributed by atoms with Crippen LogP contribution in [0.3, 0.4) is 0 Å². The van der Waals surface area contributed by atoms with Crippen LogP contribution in [0.15, 0.2) is 24.8 Å². The Hall–Kier alpha value is -2.45. The summed E-state index contributed by atoms with van der Waals surface area (Å²) in [5.41, 5.74) is -0.179. The largest absolute Gasteiger partial charge is 0.476 e. The van der Waals surface area contributed by atoms with Crippen molar-refractivity contribution in [2.75, 3.05) is 24.6 Å². The molecule has 1 fully saturated rings. The Bertz CT molecular complexity index is 717. The highest BCUT2D eigenvalue weighted by Gasteiger charge is 2.33. The normalized spacial score (nSPS) is 16.1. The lowest BCUT2D eigenvalue weighted by atomic mass is 9.98. The van der Waals surface area contributed by atoms with Crippen LogP contribution in [0.5, 0.6) is 5.88 Å². The van der Waals surface area contributed by atoms with E-state index in [0.29, 0.717) is 37.3 Å². The fraction of sp³-hybridized carbons (Fsp3) is 0.500. The van der Waals surface area contributed by atoms with E-state index in [2.05, 4.69) is 19.9 Å². The first-order chi connectivity index (χ1) is 11.9. The Kier molecular flexibility index (Phi) is 5.00. The van der Waals surface area contributed by atoms with Gasteiger partial charge in [0.05, 0.1) is 12.3 Å². The maximum absolute atomic E-state index is 12.8. The molecule has 1 saturated heterocycles. The maximum atomic E-state index is 12.8. The van der Waals surface area contributed by atoms with E-state index >= 15 is 0 Å². The van der Waals surface area contributed by atoms with Crippen LogP contribution in [0.25, 0.3) is 0 Å². The Balaban J connectivity index is 1.55. The van der Waals surface area contributed by atoms with Gasteiger partial charge >= 0.3 is 6.18 Å². The van der Waals surface area contributed by atoms with Crippen molar-refractivity contribution < 1.29 is 17.9 Å². The van der Waals surface area contributed by atoms with Crippen LogP contribution >= 0.6 is 0 Å². The second-order valence-electron chi connectivity index (χ2n) is 5.95. The summed E-state index contributed by atoms with van der Waals surface area (Å²) >= 11 is 0. The van der Waals surface area contributed by atoms with Gasteiger partial charge in [0, 0.05) is 31.5 Å². The number of nitrogens with zero attached hydrogens (tertiary/aromatic N) is 5. The second kappa shape index (κ2) is 7.20. The number of anilines is 1. The Morgan fingerprint density at radius 2 is 1.84 bits per heavy atom. The van der Waals surface area contributed by atoms with E-state index in [9.17, 15) is 13.2 Å². The standard InChI is InChI=1S/C16H18F3N5O/c1-11-15(21-5-4-20-11)25-9-12-2-6-24(7-3-12)14-8-13(16(17,18)19)22-10-23-14/h4-5,8,10,12H,2-3,6-7,9H2,1H3. The third-order valence-corrected chi connectivity index (χ3v) is 4.17. The lowest BCUT2D eigenvalue weighted by molar-refractivity contribution is -0.141. The molecule has 134 valence electrons. The molecule has 2 aromatic rings. The van der Waals surface area contributed by atoms with Gasteiger partial charge in [-0.1, -0.05) is 0 Å². The van der Waals surface area contributed by atoms with E-state index in [1.807, 2.05) is 11.8 Å². The minimum Gasteiger partial charge on any atom is -0.476 e. The number of piperidine rings is 1. The van der Waals surface area contributed by atoms with Gasteiger partial charge in [-0.05, 0) is 25.7 Å². The summed E-state index contributed by atoms with van der Waals surface area (Å²) in [5.74, 6) is 1.16. The lowest BCUT2D eigenvalue weighted by Crippen LogP contribution is -2.36. The van der Waals surface area contributed by atoms with Gasteiger partial charge in [-0.15, -0.1) is 0 Å². The highest BCUT2D eigenvalue weighted by atomic mass is 19.4. The van der Waals surface area contributed by atoms with E-state index in [1.165, 1.54) is 0 Å².